The van der Waals surface area contributed by atoms with E-state index in [9.17, 15) is 19.2 Å². The summed E-state index contributed by atoms with van der Waals surface area (Å²) in [6.45, 7) is 2.61. The zero-order chi connectivity index (χ0) is 15.3. The Bertz CT molecular complexity index is 272. The van der Waals surface area contributed by atoms with E-state index in [2.05, 4.69) is 11.5 Å². The Morgan fingerprint density at radius 2 is 1.28 bits per heavy atom. The number of carbonyl (C=O) groups excluding carboxylic acids is 2. The molecule has 106 valence electrons. The first-order valence-corrected chi connectivity index (χ1v) is 4.72. The molecule has 0 aromatic heterocycles. The minimum atomic E-state index is -1.17. The van der Waals surface area contributed by atoms with E-state index in [4.69, 9.17) is 15.9 Å². The number of aliphatic carboxylic acids is 2. The van der Waals surface area contributed by atoms with E-state index in [0.29, 0.717) is 0 Å². The predicted octanol–water partition coefficient (Wildman–Crippen LogP) is -1.75. The first kappa shape index (κ1) is 21.2. The first-order valence-electron chi connectivity index (χ1n) is 4.72. The number of rotatable bonds is 4. The zero-order valence-corrected chi connectivity index (χ0v) is 10.3. The van der Waals surface area contributed by atoms with Gasteiger partial charge in [-0.2, -0.15) is 0 Å². The van der Waals surface area contributed by atoms with Crippen LogP contribution >= 0.6 is 0 Å². The van der Waals surface area contributed by atoms with E-state index in [1.54, 1.807) is 0 Å². The van der Waals surface area contributed by atoms with E-state index in [1.165, 1.54) is 13.8 Å². The molecule has 9 nitrogen and oxygen atoms in total. The Balaban J connectivity index is -0.000000233. The van der Waals surface area contributed by atoms with Crippen LogP contribution < -0.4 is 17.2 Å². The SMILES string of the molecule is CC(N)=O.CC(N)=O.NC(CCC(=O)O)C(=O)O. The fourth-order valence-corrected chi connectivity index (χ4v) is 0.402. The van der Waals surface area contributed by atoms with Gasteiger partial charge in [-0.3, -0.25) is 19.2 Å². The van der Waals surface area contributed by atoms with E-state index in [1.807, 2.05) is 0 Å². The molecule has 0 aliphatic heterocycles. The van der Waals surface area contributed by atoms with E-state index < -0.39 is 18.0 Å². The fourth-order valence-electron chi connectivity index (χ4n) is 0.402. The summed E-state index contributed by atoms with van der Waals surface area (Å²) < 4.78 is 0. The summed E-state index contributed by atoms with van der Waals surface area (Å²) in [6.07, 6.45) is -0.224. The van der Waals surface area contributed by atoms with Crippen molar-refractivity contribution in [3.8, 4) is 0 Å². The normalized spacial score (nSPS) is 9.72. The number of amides is 2. The number of carbonyl (C=O) groups is 4. The highest BCUT2D eigenvalue weighted by Gasteiger charge is 2.12. The molecule has 1 atom stereocenters. The van der Waals surface area contributed by atoms with Gasteiger partial charge in [0.05, 0.1) is 0 Å². The van der Waals surface area contributed by atoms with Gasteiger partial charge in [0.25, 0.3) is 0 Å². The summed E-state index contributed by atoms with van der Waals surface area (Å²) in [5.41, 5.74) is 13.9. The summed E-state index contributed by atoms with van der Waals surface area (Å²) in [5.74, 6) is -2.86. The second kappa shape index (κ2) is 12.9. The van der Waals surface area contributed by atoms with Crippen molar-refractivity contribution in [1.82, 2.24) is 0 Å². The molecule has 0 spiro atoms. The molecule has 0 saturated carbocycles. The van der Waals surface area contributed by atoms with Crippen LogP contribution in [0.1, 0.15) is 26.7 Å². The number of primary amides is 2. The predicted molar refractivity (Wildman–Crippen MR) is 62.2 cm³/mol. The quantitative estimate of drug-likeness (QED) is 0.398. The Hall–Kier alpha value is -2.16. The maximum atomic E-state index is 9.99. The Morgan fingerprint density at radius 1 is 1.00 bits per heavy atom. The van der Waals surface area contributed by atoms with Crippen LogP contribution in [-0.2, 0) is 19.2 Å². The van der Waals surface area contributed by atoms with Gasteiger partial charge in [0, 0.05) is 20.3 Å². The lowest BCUT2D eigenvalue weighted by Crippen LogP contribution is -2.30. The van der Waals surface area contributed by atoms with E-state index >= 15 is 0 Å². The molecule has 0 aliphatic rings. The van der Waals surface area contributed by atoms with Crippen molar-refractivity contribution in [2.45, 2.75) is 32.7 Å². The molecule has 0 bridgehead atoms. The van der Waals surface area contributed by atoms with Crippen molar-refractivity contribution in [3.05, 3.63) is 0 Å². The van der Waals surface area contributed by atoms with Gasteiger partial charge in [-0.15, -0.1) is 0 Å². The van der Waals surface area contributed by atoms with Gasteiger partial charge in [-0.25, -0.2) is 0 Å². The monoisotopic (exact) mass is 265 g/mol. The molecule has 2 amide bonds. The number of hydrogen-bond acceptors (Lipinski definition) is 5. The van der Waals surface area contributed by atoms with Crippen molar-refractivity contribution in [1.29, 1.82) is 0 Å². The van der Waals surface area contributed by atoms with Gasteiger partial charge in [-0.1, -0.05) is 0 Å². The third kappa shape index (κ3) is 48.8. The first-order chi connectivity index (χ1) is 8.00. The van der Waals surface area contributed by atoms with Crippen LogP contribution in [0.25, 0.3) is 0 Å². The second-order valence-corrected chi connectivity index (χ2v) is 3.10. The molecular weight excluding hydrogens is 246 g/mol. The Kier molecular flexibility index (Phi) is 15.2. The molecule has 0 heterocycles. The molecule has 0 aromatic carbocycles. The zero-order valence-electron chi connectivity index (χ0n) is 10.3. The Labute approximate surface area is 104 Å². The lowest BCUT2D eigenvalue weighted by atomic mass is 10.2. The molecule has 0 radical (unpaired) electrons. The summed E-state index contributed by atoms with van der Waals surface area (Å²) in [4.78, 5) is 38.3. The average molecular weight is 265 g/mol. The average Bonchev–Trinajstić information content (AvgIpc) is 2.11. The van der Waals surface area contributed by atoms with E-state index in [0.717, 1.165) is 0 Å². The van der Waals surface area contributed by atoms with Crippen LogP contribution in [0.4, 0.5) is 0 Å². The minimum Gasteiger partial charge on any atom is -0.481 e. The van der Waals surface area contributed by atoms with Crippen molar-refractivity contribution in [2.75, 3.05) is 0 Å². The molecule has 0 fully saturated rings. The van der Waals surface area contributed by atoms with Gasteiger partial charge in [0.1, 0.15) is 6.04 Å². The van der Waals surface area contributed by atoms with Crippen molar-refractivity contribution in [3.63, 3.8) is 0 Å². The van der Waals surface area contributed by atoms with Gasteiger partial charge < -0.3 is 27.4 Å². The van der Waals surface area contributed by atoms with Gasteiger partial charge in [0.15, 0.2) is 0 Å². The van der Waals surface area contributed by atoms with Crippen molar-refractivity contribution in [2.24, 2.45) is 17.2 Å². The maximum absolute atomic E-state index is 9.99. The van der Waals surface area contributed by atoms with Gasteiger partial charge >= 0.3 is 11.9 Å². The molecule has 0 aliphatic carbocycles. The highest BCUT2D eigenvalue weighted by atomic mass is 16.4. The van der Waals surface area contributed by atoms with Gasteiger partial charge in [-0.05, 0) is 6.42 Å². The molecule has 9 heteroatoms. The van der Waals surface area contributed by atoms with Crippen molar-refractivity contribution >= 4 is 23.8 Å². The largest absolute Gasteiger partial charge is 0.481 e. The van der Waals surface area contributed by atoms with Crippen LogP contribution in [0, 0.1) is 0 Å². The van der Waals surface area contributed by atoms with Crippen LogP contribution in [0.15, 0.2) is 0 Å². The smallest absolute Gasteiger partial charge is 0.320 e. The molecule has 0 rings (SSSR count). The maximum Gasteiger partial charge on any atom is 0.320 e. The van der Waals surface area contributed by atoms with Crippen LogP contribution in [-0.4, -0.2) is 40.0 Å². The Morgan fingerprint density at radius 3 is 1.44 bits per heavy atom. The number of hydrogen-bond donors (Lipinski definition) is 5. The second-order valence-electron chi connectivity index (χ2n) is 3.10. The molecular formula is C9H19N3O6. The molecule has 8 N–H and O–H groups in total. The number of nitrogens with two attached hydrogens (primary N) is 3. The molecule has 1 unspecified atom stereocenters. The fraction of sp³-hybridized carbons (Fsp3) is 0.556. The summed E-state index contributed by atoms with van der Waals surface area (Å²) in [6, 6.07) is -1.06. The lowest BCUT2D eigenvalue weighted by molar-refractivity contribution is -0.140. The third-order valence-electron chi connectivity index (χ3n) is 0.986. The summed E-state index contributed by atoms with van der Waals surface area (Å²) >= 11 is 0. The number of carboxylic acid groups (broad SMARTS) is 2. The molecule has 0 aromatic rings. The van der Waals surface area contributed by atoms with E-state index in [-0.39, 0.29) is 24.7 Å². The minimum absolute atomic E-state index is 0.0231. The summed E-state index contributed by atoms with van der Waals surface area (Å²) in [5, 5.41) is 16.3. The molecule has 0 saturated heterocycles. The lowest BCUT2D eigenvalue weighted by Gasteiger charge is -2.01. The van der Waals surface area contributed by atoms with Gasteiger partial charge in [0.2, 0.25) is 11.8 Å². The summed E-state index contributed by atoms with van der Waals surface area (Å²) in [7, 11) is 0. The van der Waals surface area contributed by atoms with Crippen LogP contribution in [0.5, 0.6) is 0 Å². The third-order valence-corrected chi connectivity index (χ3v) is 0.986. The van der Waals surface area contributed by atoms with Crippen LogP contribution in [0.2, 0.25) is 0 Å². The number of carboxylic acids is 2. The topological polar surface area (TPSA) is 187 Å². The highest BCUT2D eigenvalue weighted by molar-refractivity contribution is 5.74. The van der Waals surface area contributed by atoms with Crippen LogP contribution in [0.3, 0.4) is 0 Å². The molecule has 18 heavy (non-hydrogen) atoms. The van der Waals surface area contributed by atoms with Crippen molar-refractivity contribution < 1.29 is 29.4 Å². The standard InChI is InChI=1S/C5H9NO4.2C2H5NO/c6-3(5(9)10)1-2-4(7)8;2*1-2(3)4/h3H,1-2,6H2,(H,7,8)(H,9,10);2*1H3,(H2,3,4). The highest BCUT2D eigenvalue weighted by Crippen LogP contribution is 1.93.